The van der Waals surface area contributed by atoms with Crippen molar-refractivity contribution in [2.45, 2.75) is 52.5 Å². The molecule has 0 bridgehead atoms. The number of rotatable bonds is 11. The van der Waals surface area contributed by atoms with E-state index in [1.165, 1.54) is 16.7 Å². The first kappa shape index (κ1) is 21.2. The highest BCUT2D eigenvalue weighted by Gasteiger charge is 2.14. The molecule has 0 radical (unpaired) electrons. The summed E-state index contributed by atoms with van der Waals surface area (Å²) in [4.78, 5) is 14.8. The van der Waals surface area contributed by atoms with Gasteiger partial charge < -0.3 is 9.64 Å². The highest BCUT2D eigenvalue weighted by Crippen LogP contribution is 2.16. The standard InChI is InChI=1S/C24H33NO2/c1-4-27-18-8-17-25(19-22-11-14-23(15-12-22)20(2)3)24(26)16-13-21-9-6-5-7-10-21/h5-7,9-12,14-15,20H,4,8,13,16-19H2,1-3H3. The lowest BCUT2D eigenvalue weighted by molar-refractivity contribution is -0.132. The third kappa shape index (κ3) is 7.56. The van der Waals surface area contributed by atoms with Crippen LogP contribution in [0.5, 0.6) is 0 Å². The molecule has 0 unspecified atom stereocenters. The summed E-state index contributed by atoms with van der Waals surface area (Å²) in [5.41, 5.74) is 3.72. The molecule has 0 aliphatic carbocycles. The second-order valence-electron chi connectivity index (χ2n) is 7.25. The maximum atomic E-state index is 12.8. The number of aryl methyl sites for hydroxylation is 1. The lowest BCUT2D eigenvalue weighted by Gasteiger charge is -2.23. The van der Waals surface area contributed by atoms with E-state index in [0.29, 0.717) is 25.5 Å². The zero-order valence-electron chi connectivity index (χ0n) is 17.0. The largest absolute Gasteiger partial charge is 0.382 e. The van der Waals surface area contributed by atoms with Crippen LogP contribution >= 0.6 is 0 Å². The third-order valence-corrected chi connectivity index (χ3v) is 4.76. The molecule has 0 atom stereocenters. The minimum Gasteiger partial charge on any atom is -0.382 e. The molecule has 1 amide bonds. The van der Waals surface area contributed by atoms with Gasteiger partial charge in [-0.05, 0) is 42.4 Å². The first-order valence-corrected chi connectivity index (χ1v) is 10.1. The predicted molar refractivity (Wildman–Crippen MR) is 112 cm³/mol. The molecule has 3 heteroatoms. The third-order valence-electron chi connectivity index (χ3n) is 4.76. The van der Waals surface area contributed by atoms with Crippen LogP contribution in [-0.2, 0) is 22.5 Å². The van der Waals surface area contributed by atoms with Gasteiger partial charge in [0, 0.05) is 32.7 Å². The quantitative estimate of drug-likeness (QED) is 0.511. The second-order valence-corrected chi connectivity index (χ2v) is 7.25. The SMILES string of the molecule is CCOCCCN(Cc1ccc(C(C)C)cc1)C(=O)CCc1ccccc1. The molecule has 0 heterocycles. The van der Waals surface area contributed by atoms with Crippen LogP contribution < -0.4 is 0 Å². The normalized spacial score (nSPS) is 11.0. The fraction of sp³-hybridized carbons (Fsp3) is 0.458. The molecule has 0 spiro atoms. The van der Waals surface area contributed by atoms with Gasteiger partial charge in [0.25, 0.3) is 0 Å². The summed E-state index contributed by atoms with van der Waals surface area (Å²) in [6.45, 7) is 9.21. The van der Waals surface area contributed by atoms with Crippen molar-refractivity contribution in [2.24, 2.45) is 0 Å². The van der Waals surface area contributed by atoms with Crippen molar-refractivity contribution in [3.05, 3.63) is 71.3 Å². The lowest BCUT2D eigenvalue weighted by atomic mass is 10.0. The molecule has 0 saturated heterocycles. The Morgan fingerprint density at radius 3 is 2.33 bits per heavy atom. The van der Waals surface area contributed by atoms with Crippen molar-refractivity contribution in [3.8, 4) is 0 Å². The van der Waals surface area contributed by atoms with Crippen molar-refractivity contribution >= 4 is 5.91 Å². The lowest BCUT2D eigenvalue weighted by Crippen LogP contribution is -2.32. The van der Waals surface area contributed by atoms with E-state index in [1.807, 2.05) is 30.0 Å². The molecule has 2 rings (SSSR count). The first-order valence-electron chi connectivity index (χ1n) is 10.1. The van der Waals surface area contributed by atoms with Gasteiger partial charge in [-0.3, -0.25) is 4.79 Å². The summed E-state index contributed by atoms with van der Waals surface area (Å²) in [6.07, 6.45) is 2.20. The maximum absolute atomic E-state index is 12.8. The van der Waals surface area contributed by atoms with Crippen LogP contribution in [0.15, 0.2) is 54.6 Å². The Morgan fingerprint density at radius 1 is 1.00 bits per heavy atom. The molecule has 0 aliphatic rings. The van der Waals surface area contributed by atoms with E-state index in [0.717, 1.165) is 26.0 Å². The van der Waals surface area contributed by atoms with Crippen LogP contribution in [0.25, 0.3) is 0 Å². The fourth-order valence-corrected chi connectivity index (χ4v) is 3.08. The number of amides is 1. The predicted octanol–water partition coefficient (Wildman–Crippen LogP) is 5.20. The monoisotopic (exact) mass is 367 g/mol. The molecular formula is C24H33NO2. The number of hydrogen-bond donors (Lipinski definition) is 0. The average molecular weight is 368 g/mol. The van der Waals surface area contributed by atoms with Crippen molar-refractivity contribution in [1.29, 1.82) is 0 Å². The Balaban J connectivity index is 1.97. The number of carbonyl (C=O) groups is 1. The van der Waals surface area contributed by atoms with Crippen LogP contribution in [0.4, 0.5) is 0 Å². The van der Waals surface area contributed by atoms with Gasteiger partial charge >= 0.3 is 0 Å². The summed E-state index contributed by atoms with van der Waals surface area (Å²) < 4.78 is 5.45. The summed E-state index contributed by atoms with van der Waals surface area (Å²) in [5.74, 6) is 0.733. The second kappa shape index (κ2) is 11.6. The van der Waals surface area contributed by atoms with Gasteiger partial charge in [-0.15, -0.1) is 0 Å². The Hall–Kier alpha value is -2.13. The van der Waals surface area contributed by atoms with Crippen molar-refractivity contribution < 1.29 is 9.53 Å². The number of nitrogens with zero attached hydrogens (tertiary/aromatic N) is 1. The molecule has 3 nitrogen and oxygen atoms in total. The molecule has 2 aromatic rings. The Bertz CT molecular complexity index is 665. The number of ether oxygens (including phenoxy) is 1. The van der Waals surface area contributed by atoms with Gasteiger partial charge in [0.1, 0.15) is 0 Å². The van der Waals surface area contributed by atoms with Crippen LogP contribution in [0.1, 0.15) is 56.2 Å². The van der Waals surface area contributed by atoms with Crippen LogP contribution in [0, 0.1) is 0 Å². The number of carbonyl (C=O) groups excluding carboxylic acids is 1. The molecule has 2 aromatic carbocycles. The number of hydrogen-bond acceptors (Lipinski definition) is 2. The minimum atomic E-state index is 0.211. The van der Waals surface area contributed by atoms with Gasteiger partial charge in [0.15, 0.2) is 0 Å². The van der Waals surface area contributed by atoms with E-state index in [1.54, 1.807) is 0 Å². The van der Waals surface area contributed by atoms with Crippen molar-refractivity contribution in [1.82, 2.24) is 4.90 Å². The molecule has 0 aromatic heterocycles. The molecule has 146 valence electrons. The zero-order valence-corrected chi connectivity index (χ0v) is 17.0. The summed E-state index contributed by atoms with van der Waals surface area (Å²) in [6, 6.07) is 18.9. The van der Waals surface area contributed by atoms with E-state index in [-0.39, 0.29) is 5.91 Å². The molecular weight excluding hydrogens is 334 g/mol. The maximum Gasteiger partial charge on any atom is 0.223 e. The van der Waals surface area contributed by atoms with Gasteiger partial charge in [0.05, 0.1) is 0 Å². The van der Waals surface area contributed by atoms with Gasteiger partial charge in [-0.1, -0.05) is 68.4 Å². The van der Waals surface area contributed by atoms with Gasteiger partial charge in [-0.25, -0.2) is 0 Å². The first-order chi connectivity index (χ1) is 13.1. The fourth-order valence-electron chi connectivity index (χ4n) is 3.08. The Labute approximate surface area is 164 Å². The Morgan fingerprint density at radius 2 is 1.70 bits per heavy atom. The topological polar surface area (TPSA) is 29.5 Å². The van der Waals surface area contributed by atoms with Crippen LogP contribution in [-0.4, -0.2) is 30.6 Å². The van der Waals surface area contributed by atoms with Crippen molar-refractivity contribution in [3.63, 3.8) is 0 Å². The smallest absolute Gasteiger partial charge is 0.223 e. The molecule has 0 fully saturated rings. The van der Waals surface area contributed by atoms with Crippen LogP contribution in [0.3, 0.4) is 0 Å². The van der Waals surface area contributed by atoms with Crippen molar-refractivity contribution in [2.75, 3.05) is 19.8 Å². The van der Waals surface area contributed by atoms with E-state index in [4.69, 9.17) is 4.74 Å². The molecule has 0 aliphatic heterocycles. The molecule has 0 saturated carbocycles. The van der Waals surface area contributed by atoms with Crippen LogP contribution in [0.2, 0.25) is 0 Å². The molecule has 27 heavy (non-hydrogen) atoms. The van der Waals surface area contributed by atoms with E-state index >= 15 is 0 Å². The summed E-state index contributed by atoms with van der Waals surface area (Å²) in [5, 5.41) is 0. The van der Waals surface area contributed by atoms with Gasteiger partial charge in [0.2, 0.25) is 5.91 Å². The number of benzene rings is 2. The van der Waals surface area contributed by atoms with E-state index in [9.17, 15) is 4.79 Å². The highest BCUT2D eigenvalue weighted by molar-refractivity contribution is 5.76. The Kier molecular flexibility index (Phi) is 9.06. The molecule has 0 N–H and O–H groups in total. The van der Waals surface area contributed by atoms with E-state index < -0.39 is 0 Å². The minimum absolute atomic E-state index is 0.211. The highest BCUT2D eigenvalue weighted by atomic mass is 16.5. The van der Waals surface area contributed by atoms with Gasteiger partial charge in [-0.2, -0.15) is 0 Å². The summed E-state index contributed by atoms with van der Waals surface area (Å²) in [7, 11) is 0. The summed E-state index contributed by atoms with van der Waals surface area (Å²) >= 11 is 0. The average Bonchev–Trinajstić information content (AvgIpc) is 2.69. The van der Waals surface area contributed by atoms with E-state index in [2.05, 4.69) is 50.2 Å². The zero-order chi connectivity index (χ0) is 19.5.